The van der Waals surface area contributed by atoms with E-state index in [-0.39, 0.29) is 28.8 Å². The third-order valence-corrected chi connectivity index (χ3v) is 6.00. The van der Waals surface area contributed by atoms with Gasteiger partial charge in [0.15, 0.2) is 0 Å². The Kier molecular flexibility index (Phi) is 6.47. The molecule has 0 saturated carbocycles. The van der Waals surface area contributed by atoms with Crippen LogP contribution in [0.4, 0.5) is 10.5 Å². The van der Waals surface area contributed by atoms with Crippen molar-refractivity contribution in [3.05, 3.63) is 51.1 Å². The van der Waals surface area contributed by atoms with Crippen molar-refractivity contribution in [1.29, 1.82) is 0 Å². The number of furan rings is 1. The minimum Gasteiger partial charge on any atom is -0.496 e. The van der Waals surface area contributed by atoms with E-state index in [2.05, 4.69) is 0 Å². The summed E-state index contributed by atoms with van der Waals surface area (Å²) in [7, 11) is 1.39. The number of hydrogen-bond acceptors (Lipinski definition) is 9. The topological polar surface area (TPSA) is 132 Å². The quantitative estimate of drug-likeness (QED) is 0.353. The summed E-state index contributed by atoms with van der Waals surface area (Å²) in [5, 5.41) is 10.4. The number of nitrogens with zero attached hydrogens (tertiary/aromatic N) is 3. The zero-order chi connectivity index (χ0) is 23.5. The number of imide groups is 1. The number of ether oxygens (including phenoxy) is 2. The Labute approximate surface area is 192 Å². The molecule has 0 aliphatic carbocycles. The average molecular weight is 473 g/mol. The van der Waals surface area contributed by atoms with Gasteiger partial charge in [0.05, 0.1) is 41.8 Å². The van der Waals surface area contributed by atoms with E-state index in [1.54, 1.807) is 17.0 Å². The van der Waals surface area contributed by atoms with E-state index >= 15 is 0 Å². The molecule has 12 heteroatoms. The number of morpholine rings is 1. The fourth-order valence-electron chi connectivity index (χ4n) is 3.39. The molecule has 33 heavy (non-hydrogen) atoms. The number of carbonyl (C=O) groups is 3. The number of nitro benzene ring substituents is 1. The van der Waals surface area contributed by atoms with Crippen molar-refractivity contribution in [2.24, 2.45) is 0 Å². The van der Waals surface area contributed by atoms with Gasteiger partial charge in [0.1, 0.15) is 23.8 Å². The fraction of sp³-hybridized carbons (Fsp3) is 0.286. The molecule has 1 aromatic heterocycles. The van der Waals surface area contributed by atoms with Gasteiger partial charge in [0.2, 0.25) is 5.91 Å². The van der Waals surface area contributed by atoms with Crippen LogP contribution in [0.3, 0.4) is 0 Å². The zero-order valence-electron chi connectivity index (χ0n) is 17.5. The highest BCUT2D eigenvalue weighted by molar-refractivity contribution is 8.18. The number of nitro groups is 1. The van der Waals surface area contributed by atoms with Crippen LogP contribution >= 0.6 is 11.8 Å². The molecule has 172 valence electrons. The molecule has 2 fully saturated rings. The van der Waals surface area contributed by atoms with Crippen LogP contribution in [0.1, 0.15) is 5.76 Å². The van der Waals surface area contributed by atoms with Crippen LogP contribution in [0.25, 0.3) is 17.4 Å². The predicted octanol–water partition coefficient (Wildman–Crippen LogP) is 2.76. The van der Waals surface area contributed by atoms with E-state index in [4.69, 9.17) is 13.9 Å². The van der Waals surface area contributed by atoms with E-state index in [0.29, 0.717) is 43.4 Å². The van der Waals surface area contributed by atoms with Gasteiger partial charge < -0.3 is 18.8 Å². The molecule has 2 saturated heterocycles. The first-order valence-corrected chi connectivity index (χ1v) is 10.7. The van der Waals surface area contributed by atoms with Crippen molar-refractivity contribution in [1.82, 2.24) is 9.80 Å². The number of carbonyl (C=O) groups excluding carboxylic acids is 3. The largest absolute Gasteiger partial charge is 0.496 e. The fourth-order valence-corrected chi connectivity index (χ4v) is 4.20. The molecule has 1 aromatic carbocycles. The van der Waals surface area contributed by atoms with Gasteiger partial charge >= 0.3 is 0 Å². The Balaban J connectivity index is 1.50. The second kappa shape index (κ2) is 9.46. The predicted molar refractivity (Wildman–Crippen MR) is 117 cm³/mol. The first kappa shape index (κ1) is 22.6. The Hall–Kier alpha value is -3.64. The number of rotatable bonds is 6. The van der Waals surface area contributed by atoms with Gasteiger partial charge in [-0.15, -0.1) is 0 Å². The van der Waals surface area contributed by atoms with Crippen LogP contribution in [0, 0.1) is 10.1 Å². The van der Waals surface area contributed by atoms with Gasteiger partial charge in [0.25, 0.3) is 16.8 Å². The standard InChI is InChI=1S/C21H19N3O8S/c1-30-17-10-13(24(28)29)2-4-15(17)16-5-3-14(32-16)11-18-20(26)23(21(27)33-18)12-19(25)22-6-8-31-9-7-22/h2-5,10-11H,6-9,12H2,1H3/b18-11-. The number of non-ortho nitro benzene ring substituents is 1. The third kappa shape index (κ3) is 4.76. The molecule has 0 N–H and O–H groups in total. The van der Waals surface area contributed by atoms with Crippen LogP contribution in [-0.2, 0) is 14.3 Å². The minimum absolute atomic E-state index is 0.123. The summed E-state index contributed by atoms with van der Waals surface area (Å²) in [6, 6.07) is 7.35. The van der Waals surface area contributed by atoms with E-state index in [9.17, 15) is 24.5 Å². The molecule has 2 aliphatic heterocycles. The normalized spacial score (nSPS) is 17.7. The molecule has 3 amide bonds. The number of hydrogen-bond donors (Lipinski definition) is 0. The lowest BCUT2D eigenvalue weighted by Crippen LogP contribution is -2.46. The maximum atomic E-state index is 12.7. The molecule has 0 unspecified atom stereocenters. The van der Waals surface area contributed by atoms with E-state index in [1.165, 1.54) is 31.4 Å². The lowest BCUT2D eigenvalue weighted by Gasteiger charge is -2.27. The summed E-state index contributed by atoms with van der Waals surface area (Å²) in [6.45, 7) is 1.37. The zero-order valence-corrected chi connectivity index (χ0v) is 18.3. The summed E-state index contributed by atoms with van der Waals surface area (Å²) in [5.41, 5.74) is 0.370. The van der Waals surface area contributed by atoms with Crippen molar-refractivity contribution in [3.8, 4) is 17.1 Å². The Morgan fingerprint density at radius 3 is 2.70 bits per heavy atom. The second-order valence-corrected chi connectivity index (χ2v) is 8.10. The SMILES string of the molecule is COc1cc([N+](=O)[O-])ccc1-c1ccc(/C=C2\SC(=O)N(CC(=O)N3CCOCC3)C2=O)o1. The third-order valence-electron chi connectivity index (χ3n) is 5.09. The van der Waals surface area contributed by atoms with Crippen molar-refractivity contribution in [2.45, 2.75) is 0 Å². The molecule has 4 rings (SSSR count). The van der Waals surface area contributed by atoms with Crippen molar-refractivity contribution in [3.63, 3.8) is 0 Å². The smallest absolute Gasteiger partial charge is 0.294 e. The monoisotopic (exact) mass is 473 g/mol. The maximum Gasteiger partial charge on any atom is 0.294 e. The Bertz CT molecular complexity index is 1150. The van der Waals surface area contributed by atoms with Crippen LogP contribution in [0.5, 0.6) is 5.75 Å². The van der Waals surface area contributed by atoms with E-state index in [1.807, 2.05) is 0 Å². The Morgan fingerprint density at radius 1 is 1.24 bits per heavy atom. The molecular weight excluding hydrogens is 454 g/mol. The maximum absolute atomic E-state index is 12.7. The summed E-state index contributed by atoms with van der Waals surface area (Å²) in [6.07, 6.45) is 1.42. The number of thioether (sulfide) groups is 1. The highest BCUT2D eigenvalue weighted by Gasteiger charge is 2.37. The van der Waals surface area contributed by atoms with Crippen molar-refractivity contribution >= 4 is 40.6 Å². The summed E-state index contributed by atoms with van der Waals surface area (Å²) in [4.78, 5) is 50.5. The number of amides is 3. The van der Waals surface area contributed by atoms with Gasteiger partial charge in [-0.2, -0.15) is 0 Å². The van der Waals surface area contributed by atoms with Gasteiger partial charge in [-0.25, -0.2) is 0 Å². The summed E-state index contributed by atoms with van der Waals surface area (Å²) < 4.78 is 16.2. The molecule has 2 aromatic rings. The molecule has 0 atom stereocenters. The van der Waals surface area contributed by atoms with Crippen LogP contribution in [0.15, 0.2) is 39.7 Å². The first-order valence-electron chi connectivity index (χ1n) is 9.91. The number of methoxy groups -OCH3 is 1. The van der Waals surface area contributed by atoms with Gasteiger partial charge in [-0.3, -0.25) is 29.4 Å². The highest BCUT2D eigenvalue weighted by Crippen LogP contribution is 2.36. The second-order valence-electron chi connectivity index (χ2n) is 7.10. The first-order chi connectivity index (χ1) is 15.9. The van der Waals surface area contributed by atoms with Crippen LogP contribution in [0.2, 0.25) is 0 Å². The molecule has 2 aliphatic rings. The van der Waals surface area contributed by atoms with Gasteiger partial charge in [-0.1, -0.05) is 0 Å². The average Bonchev–Trinajstić information content (AvgIpc) is 3.39. The van der Waals surface area contributed by atoms with E-state index in [0.717, 1.165) is 16.7 Å². The van der Waals surface area contributed by atoms with Gasteiger partial charge in [0, 0.05) is 25.2 Å². The van der Waals surface area contributed by atoms with Crippen LogP contribution < -0.4 is 4.74 Å². The Morgan fingerprint density at radius 2 is 2.00 bits per heavy atom. The molecular formula is C21H19N3O8S. The lowest BCUT2D eigenvalue weighted by atomic mass is 10.1. The summed E-state index contributed by atoms with van der Waals surface area (Å²) >= 11 is 0.727. The molecule has 0 radical (unpaired) electrons. The highest BCUT2D eigenvalue weighted by atomic mass is 32.2. The van der Waals surface area contributed by atoms with Crippen molar-refractivity contribution < 1.29 is 33.2 Å². The number of benzene rings is 1. The van der Waals surface area contributed by atoms with E-state index < -0.39 is 16.1 Å². The molecule has 11 nitrogen and oxygen atoms in total. The summed E-state index contributed by atoms with van der Waals surface area (Å²) in [5.74, 6) is 0.0436. The minimum atomic E-state index is -0.572. The van der Waals surface area contributed by atoms with Crippen molar-refractivity contribution in [2.75, 3.05) is 40.0 Å². The van der Waals surface area contributed by atoms with Crippen LogP contribution in [-0.4, -0.2) is 71.7 Å². The molecule has 3 heterocycles. The molecule has 0 spiro atoms. The van der Waals surface area contributed by atoms with Gasteiger partial charge in [-0.05, 0) is 30.0 Å². The lowest BCUT2D eigenvalue weighted by molar-refractivity contribution is -0.384. The molecule has 0 bridgehead atoms.